The van der Waals surface area contributed by atoms with E-state index in [-0.39, 0.29) is 5.91 Å². The second-order valence-electron chi connectivity index (χ2n) is 5.25. The molecule has 0 aliphatic rings. The highest BCUT2D eigenvalue weighted by molar-refractivity contribution is 6.06. The van der Waals surface area contributed by atoms with Gasteiger partial charge < -0.3 is 14.8 Å². The minimum Gasteiger partial charge on any atom is -0.456 e. The molecular weight excluding hydrogens is 266 g/mol. The Kier molecular flexibility index (Phi) is 3.62. The quantitative estimate of drug-likeness (QED) is 0.767. The summed E-state index contributed by atoms with van der Waals surface area (Å²) in [5, 5.41) is 14.1. The molecule has 2 aromatic carbocycles. The first kappa shape index (κ1) is 13.6. The molecule has 1 atom stereocenters. The molecule has 3 rings (SSSR count). The van der Waals surface area contributed by atoms with E-state index < -0.39 is 6.10 Å². The molecule has 0 bridgehead atoms. The van der Waals surface area contributed by atoms with Crippen molar-refractivity contribution in [2.24, 2.45) is 0 Å². The van der Waals surface area contributed by atoms with Crippen LogP contribution < -0.4 is 5.32 Å². The molecule has 1 amide bonds. The highest BCUT2D eigenvalue weighted by Crippen LogP contribution is 2.30. The average Bonchev–Trinajstić information content (AvgIpc) is 2.83. The lowest BCUT2D eigenvalue weighted by Gasteiger charge is -2.06. The van der Waals surface area contributed by atoms with E-state index in [9.17, 15) is 9.90 Å². The molecule has 4 heteroatoms. The van der Waals surface area contributed by atoms with Gasteiger partial charge in [0.2, 0.25) is 5.91 Å². The lowest BCUT2D eigenvalue weighted by Crippen LogP contribution is -2.13. The van der Waals surface area contributed by atoms with Gasteiger partial charge in [-0.2, -0.15) is 0 Å². The summed E-state index contributed by atoms with van der Waals surface area (Å²) in [6, 6.07) is 13.4. The summed E-state index contributed by atoms with van der Waals surface area (Å²) >= 11 is 0. The van der Waals surface area contributed by atoms with Gasteiger partial charge in [0.25, 0.3) is 0 Å². The van der Waals surface area contributed by atoms with Gasteiger partial charge in [-0.3, -0.25) is 4.79 Å². The molecule has 108 valence electrons. The van der Waals surface area contributed by atoms with Gasteiger partial charge in [-0.25, -0.2) is 0 Å². The third-order valence-corrected chi connectivity index (χ3v) is 3.45. The van der Waals surface area contributed by atoms with Gasteiger partial charge in [0.05, 0.1) is 6.10 Å². The van der Waals surface area contributed by atoms with Crippen LogP contribution in [-0.2, 0) is 4.79 Å². The number of anilines is 1. The second kappa shape index (κ2) is 5.58. The van der Waals surface area contributed by atoms with Crippen molar-refractivity contribution in [1.29, 1.82) is 0 Å². The molecule has 0 aliphatic heterocycles. The normalized spacial score (nSPS) is 12.7. The van der Waals surface area contributed by atoms with Gasteiger partial charge in [0.15, 0.2) is 0 Å². The topological polar surface area (TPSA) is 62.5 Å². The van der Waals surface area contributed by atoms with Crippen LogP contribution >= 0.6 is 0 Å². The van der Waals surface area contributed by atoms with Crippen LogP contribution in [0.4, 0.5) is 5.69 Å². The highest BCUT2D eigenvalue weighted by Gasteiger charge is 2.09. The van der Waals surface area contributed by atoms with E-state index >= 15 is 0 Å². The Morgan fingerprint density at radius 2 is 1.95 bits per heavy atom. The number of nitrogens with one attached hydrogen (secondary N) is 1. The number of fused-ring (bicyclic) bond motifs is 3. The molecule has 1 heterocycles. The Labute approximate surface area is 122 Å². The largest absolute Gasteiger partial charge is 0.456 e. The van der Waals surface area contributed by atoms with Crippen molar-refractivity contribution >= 4 is 33.5 Å². The SMILES string of the molecule is CC(O)CCC(=O)Nc1ccc2oc3ccccc3c2c1. The minimum absolute atomic E-state index is 0.0944. The molecule has 0 radical (unpaired) electrons. The summed E-state index contributed by atoms with van der Waals surface area (Å²) in [5.74, 6) is -0.0944. The van der Waals surface area contributed by atoms with Crippen molar-refractivity contribution in [2.75, 3.05) is 5.32 Å². The first-order chi connectivity index (χ1) is 10.1. The zero-order valence-electron chi connectivity index (χ0n) is 11.8. The molecule has 1 unspecified atom stereocenters. The predicted octanol–water partition coefficient (Wildman–Crippen LogP) is 3.69. The summed E-state index contributed by atoms with van der Waals surface area (Å²) in [5.41, 5.74) is 2.38. The summed E-state index contributed by atoms with van der Waals surface area (Å²) in [6.45, 7) is 1.68. The maximum Gasteiger partial charge on any atom is 0.224 e. The van der Waals surface area contributed by atoms with Gasteiger partial charge in [-0.05, 0) is 37.6 Å². The first-order valence-corrected chi connectivity index (χ1v) is 7.03. The smallest absolute Gasteiger partial charge is 0.224 e. The van der Waals surface area contributed by atoms with Gasteiger partial charge in [-0.15, -0.1) is 0 Å². The van der Waals surface area contributed by atoms with Crippen LogP contribution in [0.1, 0.15) is 19.8 Å². The molecular formula is C17H17NO3. The zero-order chi connectivity index (χ0) is 14.8. The summed E-state index contributed by atoms with van der Waals surface area (Å²) in [6.07, 6.45) is 0.306. The van der Waals surface area contributed by atoms with E-state index in [1.54, 1.807) is 6.92 Å². The lowest BCUT2D eigenvalue weighted by molar-refractivity contribution is -0.116. The van der Waals surface area contributed by atoms with Gasteiger partial charge >= 0.3 is 0 Å². The van der Waals surface area contributed by atoms with Crippen molar-refractivity contribution in [3.63, 3.8) is 0 Å². The number of amides is 1. The molecule has 0 saturated carbocycles. The molecule has 2 N–H and O–H groups in total. The predicted molar refractivity (Wildman–Crippen MR) is 83.3 cm³/mol. The number of carbonyl (C=O) groups excluding carboxylic acids is 1. The lowest BCUT2D eigenvalue weighted by atomic mass is 10.1. The maximum absolute atomic E-state index is 11.8. The highest BCUT2D eigenvalue weighted by atomic mass is 16.3. The van der Waals surface area contributed by atoms with E-state index in [4.69, 9.17) is 4.42 Å². The Morgan fingerprint density at radius 1 is 1.19 bits per heavy atom. The molecule has 0 spiro atoms. The number of furan rings is 1. The van der Waals surface area contributed by atoms with E-state index in [0.29, 0.717) is 12.8 Å². The van der Waals surface area contributed by atoms with Crippen molar-refractivity contribution < 1.29 is 14.3 Å². The summed E-state index contributed by atoms with van der Waals surface area (Å²) in [4.78, 5) is 11.8. The standard InChI is InChI=1S/C17H17NO3/c1-11(19)6-9-17(20)18-12-7-8-16-14(10-12)13-4-2-3-5-15(13)21-16/h2-5,7-8,10-11,19H,6,9H2,1H3,(H,18,20). The number of hydrogen-bond donors (Lipinski definition) is 2. The Hall–Kier alpha value is -2.33. The van der Waals surface area contributed by atoms with E-state index in [0.717, 1.165) is 27.6 Å². The van der Waals surface area contributed by atoms with Crippen molar-refractivity contribution in [2.45, 2.75) is 25.9 Å². The molecule has 0 aliphatic carbocycles. The molecule has 0 saturated heterocycles. The van der Waals surface area contributed by atoms with Crippen molar-refractivity contribution in [1.82, 2.24) is 0 Å². The fourth-order valence-electron chi connectivity index (χ4n) is 2.37. The van der Waals surface area contributed by atoms with Crippen LogP contribution in [0.5, 0.6) is 0 Å². The summed E-state index contributed by atoms with van der Waals surface area (Å²) < 4.78 is 5.75. The minimum atomic E-state index is -0.462. The number of aliphatic hydroxyl groups excluding tert-OH is 1. The van der Waals surface area contributed by atoms with Gasteiger partial charge in [-0.1, -0.05) is 18.2 Å². The fraction of sp³-hybridized carbons (Fsp3) is 0.235. The third-order valence-electron chi connectivity index (χ3n) is 3.45. The summed E-state index contributed by atoms with van der Waals surface area (Å²) in [7, 11) is 0. The number of hydrogen-bond acceptors (Lipinski definition) is 3. The Morgan fingerprint density at radius 3 is 2.76 bits per heavy atom. The van der Waals surface area contributed by atoms with Crippen molar-refractivity contribution in [3.8, 4) is 0 Å². The van der Waals surface area contributed by atoms with Crippen LogP contribution in [0, 0.1) is 0 Å². The van der Waals surface area contributed by atoms with Crippen LogP contribution in [-0.4, -0.2) is 17.1 Å². The number of carbonyl (C=O) groups is 1. The monoisotopic (exact) mass is 283 g/mol. The van der Waals surface area contributed by atoms with E-state index in [1.165, 1.54) is 0 Å². The van der Waals surface area contributed by atoms with Crippen LogP contribution in [0.3, 0.4) is 0 Å². The maximum atomic E-state index is 11.8. The molecule has 4 nitrogen and oxygen atoms in total. The number of para-hydroxylation sites is 1. The van der Waals surface area contributed by atoms with Gasteiger partial charge in [0.1, 0.15) is 11.2 Å². The Bertz CT molecular complexity index is 789. The molecule has 0 fully saturated rings. The first-order valence-electron chi connectivity index (χ1n) is 7.03. The number of aliphatic hydroxyl groups is 1. The van der Waals surface area contributed by atoms with E-state index in [2.05, 4.69) is 5.32 Å². The van der Waals surface area contributed by atoms with Crippen LogP contribution in [0.25, 0.3) is 21.9 Å². The average molecular weight is 283 g/mol. The second-order valence-corrected chi connectivity index (χ2v) is 5.25. The van der Waals surface area contributed by atoms with Crippen LogP contribution in [0.2, 0.25) is 0 Å². The molecule has 1 aromatic heterocycles. The van der Waals surface area contributed by atoms with Crippen molar-refractivity contribution in [3.05, 3.63) is 42.5 Å². The zero-order valence-corrected chi connectivity index (χ0v) is 11.8. The molecule has 21 heavy (non-hydrogen) atoms. The number of benzene rings is 2. The Balaban J connectivity index is 1.86. The third kappa shape index (κ3) is 2.90. The van der Waals surface area contributed by atoms with Gasteiger partial charge in [0, 0.05) is 22.9 Å². The van der Waals surface area contributed by atoms with Crippen LogP contribution in [0.15, 0.2) is 46.9 Å². The van der Waals surface area contributed by atoms with E-state index in [1.807, 2.05) is 42.5 Å². The fourth-order valence-corrected chi connectivity index (χ4v) is 2.37. The number of rotatable bonds is 4. The molecule has 3 aromatic rings.